The SMILES string of the molecule is O=[N+]([O-])c1ccc(/C(=N/Nc2ccccc2)SC#Cc2ccccc2)cc1. The van der Waals surface area contributed by atoms with Gasteiger partial charge in [-0.25, -0.2) is 0 Å². The van der Waals surface area contributed by atoms with E-state index < -0.39 is 4.92 Å². The number of nitro benzene ring substituents is 1. The van der Waals surface area contributed by atoms with E-state index in [4.69, 9.17) is 0 Å². The highest BCUT2D eigenvalue weighted by Crippen LogP contribution is 2.18. The maximum absolute atomic E-state index is 10.9. The minimum Gasteiger partial charge on any atom is -0.277 e. The highest BCUT2D eigenvalue weighted by atomic mass is 32.2. The van der Waals surface area contributed by atoms with Gasteiger partial charge >= 0.3 is 0 Å². The molecule has 3 aromatic carbocycles. The molecule has 0 saturated heterocycles. The molecule has 0 fully saturated rings. The maximum Gasteiger partial charge on any atom is 0.269 e. The lowest BCUT2D eigenvalue weighted by molar-refractivity contribution is -0.384. The third-order valence-electron chi connectivity index (χ3n) is 3.50. The number of nitrogens with zero attached hydrogens (tertiary/aromatic N) is 2. The summed E-state index contributed by atoms with van der Waals surface area (Å²) < 4.78 is 0. The van der Waals surface area contributed by atoms with Gasteiger partial charge in [0.25, 0.3) is 5.69 Å². The van der Waals surface area contributed by atoms with Crippen LogP contribution in [0.3, 0.4) is 0 Å². The van der Waals surface area contributed by atoms with Crippen molar-refractivity contribution in [2.45, 2.75) is 0 Å². The second-order valence-corrected chi connectivity index (χ2v) is 6.19. The summed E-state index contributed by atoms with van der Waals surface area (Å²) in [7, 11) is 0. The Labute approximate surface area is 161 Å². The molecule has 1 N–H and O–H groups in total. The minimum absolute atomic E-state index is 0.0366. The van der Waals surface area contributed by atoms with Crippen molar-refractivity contribution >= 4 is 28.2 Å². The number of hydrazone groups is 1. The number of rotatable bonds is 4. The normalized spacial score (nSPS) is 10.6. The van der Waals surface area contributed by atoms with Crippen LogP contribution < -0.4 is 5.43 Å². The van der Waals surface area contributed by atoms with Gasteiger partial charge in [-0.15, -0.1) is 0 Å². The molecule has 0 unspecified atom stereocenters. The van der Waals surface area contributed by atoms with Gasteiger partial charge in [0.2, 0.25) is 0 Å². The van der Waals surface area contributed by atoms with E-state index in [2.05, 4.69) is 21.7 Å². The number of hydrogen-bond acceptors (Lipinski definition) is 5. The van der Waals surface area contributed by atoms with Gasteiger partial charge in [0.1, 0.15) is 5.04 Å². The first-order chi connectivity index (χ1) is 13.2. The summed E-state index contributed by atoms with van der Waals surface area (Å²) in [5.74, 6) is 3.07. The van der Waals surface area contributed by atoms with Gasteiger partial charge in [-0.3, -0.25) is 15.5 Å². The Balaban J connectivity index is 1.84. The molecule has 0 heterocycles. The summed E-state index contributed by atoms with van der Waals surface area (Å²) in [5, 5.41) is 18.9. The maximum atomic E-state index is 10.9. The molecule has 0 spiro atoms. The number of para-hydroxylation sites is 1. The Bertz CT molecular complexity index is 992. The Morgan fingerprint density at radius 3 is 2.19 bits per heavy atom. The molecule has 0 aromatic heterocycles. The van der Waals surface area contributed by atoms with Gasteiger partial charge < -0.3 is 0 Å². The van der Waals surface area contributed by atoms with Crippen molar-refractivity contribution in [2.75, 3.05) is 5.43 Å². The lowest BCUT2D eigenvalue weighted by Gasteiger charge is -2.04. The predicted octanol–water partition coefficient (Wildman–Crippen LogP) is 5.11. The van der Waals surface area contributed by atoms with Gasteiger partial charge in [-0.05, 0) is 53.4 Å². The number of non-ortho nitro benzene ring substituents is 1. The summed E-state index contributed by atoms with van der Waals surface area (Å²) in [4.78, 5) is 10.4. The predicted molar refractivity (Wildman–Crippen MR) is 111 cm³/mol. The Morgan fingerprint density at radius 1 is 0.926 bits per heavy atom. The van der Waals surface area contributed by atoms with Gasteiger partial charge in [-0.1, -0.05) is 42.3 Å². The molecule has 132 valence electrons. The molecule has 0 aliphatic heterocycles. The molecule has 3 aromatic rings. The largest absolute Gasteiger partial charge is 0.277 e. The number of thioether (sulfide) groups is 1. The van der Waals surface area contributed by atoms with Crippen LogP contribution in [0.15, 0.2) is 90.0 Å². The number of anilines is 1. The third-order valence-corrected chi connectivity index (χ3v) is 4.23. The molecule has 6 heteroatoms. The molecule has 0 amide bonds. The van der Waals surface area contributed by atoms with E-state index in [0.29, 0.717) is 5.04 Å². The summed E-state index contributed by atoms with van der Waals surface area (Å²) in [6.45, 7) is 0. The van der Waals surface area contributed by atoms with Gasteiger partial charge in [0.15, 0.2) is 0 Å². The van der Waals surface area contributed by atoms with Crippen LogP contribution in [0.25, 0.3) is 0 Å². The van der Waals surface area contributed by atoms with E-state index in [0.717, 1.165) is 16.8 Å². The van der Waals surface area contributed by atoms with Crippen LogP contribution in [0.4, 0.5) is 11.4 Å². The van der Waals surface area contributed by atoms with E-state index in [-0.39, 0.29) is 5.69 Å². The first-order valence-corrected chi connectivity index (χ1v) is 8.90. The van der Waals surface area contributed by atoms with Gasteiger partial charge in [0, 0.05) is 23.3 Å². The number of nitrogens with one attached hydrogen (secondary N) is 1. The zero-order valence-electron chi connectivity index (χ0n) is 14.2. The Hall–Kier alpha value is -3.56. The summed E-state index contributed by atoms with van der Waals surface area (Å²) in [6.07, 6.45) is 0. The van der Waals surface area contributed by atoms with Crippen molar-refractivity contribution < 1.29 is 4.92 Å². The zero-order chi connectivity index (χ0) is 18.9. The van der Waals surface area contributed by atoms with Crippen molar-refractivity contribution in [3.8, 4) is 11.2 Å². The van der Waals surface area contributed by atoms with E-state index in [1.807, 2.05) is 60.7 Å². The van der Waals surface area contributed by atoms with E-state index >= 15 is 0 Å². The van der Waals surface area contributed by atoms with Crippen molar-refractivity contribution in [1.29, 1.82) is 0 Å². The number of hydrogen-bond donors (Lipinski definition) is 1. The third kappa shape index (κ3) is 5.46. The fourth-order valence-electron chi connectivity index (χ4n) is 2.15. The Kier molecular flexibility index (Phi) is 6.23. The molecule has 0 atom stereocenters. The topological polar surface area (TPSA) is 67.5 Å². The molecule has 3 rings (SSSR count). The minimum atomic E-state index is -0.425. The van der Waals surface area contributed by atoms with Crippen molar-refractivity contribution in [2.24, 2.45) is 5.10 Å². The van der Waals surface area contributed by atoms with Crippen LogP contribution in [-0.2, 0) is 0 Å². The molecule has 0 saturated carbocycles. The average molecular weight is 373 g/mol. The van der Waals surface area contributed by atoms with Crippen LogP contribution in [0.5, 0.6) is 0 Å². The van der Waals surface area contributed by atoms with Crippen molar-refractivity contribution in [3.63, 3.8) is 0 Å². The van der Waals surface area contributed by atoms with Crippen LogP contribution in [0.1, 0.15) is 11.1 Å². The second kappa shape index (κ2) is 9.22. The lowest BCUT2D eigenvalue weighted by atomic mass is 10.2. The molecule has 27 heavy (non-hydrogen) atoms. The van der Waals surface area contributed by atoms with Crippen molar-refractivity contribution in [3.05, 3.63) is 106 Å². The van der Waals surface area contributed by atoms with E-state index in [9.17, 15) is 10.1 Å². The molecular weight excluding hydrogens is 358 g/mol. The molecule has 0 radical (unpaired) electrons. The van der Waals surface area contributed by atoms with Crippen LogP contribution in [0, 0.1) is 21.3 Å². The van der Waals surface area contributed by atoms with E-state index in [1.165, 1.54) is 23.9 Å². The zero-order valence-corrected chi connectivity index (χ0v) is 15.0. The monoisotopic (exact) mass is 373 g/mol. The van der Waals surface area contributed by atoms with Crippen molar-refractivity contribution in [1.82, 2.24) is 0 Å². The molecular formula is C21H15N3O2S. The molecule has 0 bridgehead atoms. The summed E-state index contributed by atoms with van der Waals surface area (Å²) in [5.41, 5.74) is 5.53. The highest BCUT2D eigenvalue weighted by molar-refractivity contribution is 8.18. The quantitative estimate of drug-likeness (QED) is 0.227. The standard InChI is InChI=1S/C21H15N3O2S/c25-24(26)20-13-11-18(12-14-20)21(23-22-19-9-5-2-6-10-19)27-16-15-17-7-3-1-4-8-17/h1-14,22H/b23-21-. The summed E-state index contributed by atoms with van der Waals surface area (Å²) >= 11 is 1.26. The van der Waals surface area contributed by atoms with E-state index in [1.54, 1.807) is 12.1 Å². The van der Waals surface area contributed by atoms with Gasteiger partial charge in [0.05, 0.1) is 10.6 Å². The highest BCUT2D eigenvalue weighted by Gasteiger charge is 2.08. The second-order valence-electron chi connectivity index (χ2n) is 5.39. The van der Waals surface area contributed by atoms with Crippen LogP contribution in [-0.4, -0.2) is 9.97 Å². The fraction of sp³-hybridized carbons (Fsp3) is 0. The number of nitro groups is 1. The lowest BCUT2D eigenvalue weighted by Crippen LogP contribution is -2.00. The molecule has 0 aliphatic rings. The number of benzene rings is 3. The first-order valence-electron chi connectivity index (χ1n) is 8.09. The van der Waals surface area contributed by atoms with Gasteiger partial charge in [-0.2, -0.15) is 5.10 Å². The smallest absolute Gasteiger partial charge is 0.269 e. The molecule has 5 nitrogen and oxygen atoms in total. The molecule has 0 aliphatic carbocycles. The Morgan fingerprint density at radius 2 is 1.56 bits per heavy atom. The average Bonchev–Trinajstić information content (AvgIpc) is 2.72. The van der Waals surface area contributed by atoms with Crippen LogP contribution >= 0.6 is 11.8 Å². The summed E-state index contributed by atoms with van der Waals surface area (Å²) in [6, 6.07) is 25.4. The fourth-order valence-corrected chi connectivity index (χ4v) is 2.77. The first kappa shape index (κ1) is 18.2. The van der Waals surface area contributed by atoms with Crippen LogP contribution in [0.2, 0.25) is 0 Å².